The fourth-order valence-electron chi connectivity index (χ4n) is 0.578. The molecule has 0 atom stereocenters. The van der Waals surface area contributed by atoms with Gasteiger partial charge in [-0.05, 0) is 13.0 Å². The molecule has 52 valence electrons. The van der Waals surface area contributed by atoms with E-state index in [0.717, 1.165) is 10.7 Å². The van der Waals surface area contributed by atoms with Crippen LogP contribution in [0, 0.1) is 0 Å². The predicted octanol–water partition coefficient (Wildman–Crippen LogP) is -0.428. The van der Waals surface area contributed by atoms with Crippen LogP contribution in [0.5, 0.6) is 0 Å². The number of hydrogen-bond donors (Lipinski definition) is 1. The fourth-order valence-corrected chi connectivity index (χ4v) is 0.578. The van der Waals surface area contributed by atoms with Gasteiger partial charge in [-0.15, -0.1) is 5.10 Å². The van der Waals surface area contributed by atoms with Crippen LogP contribution in [0.25, 0.3) is 12.7 Å². The van der Waals surface area contributed by atoms with Crippen LogP contribution in [0.3, 0.4) is 0 Å². The number of rotatable bonds is 1. The Kier molecular flexibility index (Phi) is 1.99. The summed E-state index contributed by atoms with van der Waals surface area (Å²) < 4.78 is 0. The van der Waals surface area contributed by atoms with E-state index in [0.29, 0.717) is 0 Å². The van der Waals surface area contributed by atoms with Crippen molar-refractivity contribution in [3.63, 3.8) is 0 Å². The lowest BCUT2D eigenvalue weighted by Crippen LogP contribution is -2.21. The Labute approximate surface area is 58.8 Å². The topological polar surface area (TPSA) is 41.6 Å². The Morgan fingerprint density at radius 1 is 1.60 bits per heavy atom. The SMILES string of the molecule is C=c1[nH]nn/c1=C/C=C\C. The Bertz CT molecular complexity index is 321. The summed E-state index contributed by atoms with van der Waals surface area (Å²) in [5.41, 5.74) is 0. The van der Waals surface area contributed by atoms with E-state index >= 15 is 0 Å². The molecular weight excluding hydrogens is 126 g/mol. The molecule has 0 unspecified atom stereocenters. The molecule has 0 fully saturated rings. The van der Waals surface area contributed by atoms with E-state index in [9.17, 15) is 0 Å². The maximum Gasteiger partial charge on any atom is 0.112 e. The van der Waals surface area contributed by atoms with E-state index in [4.69, 9.17) is 0 Å². The van der Waals surface area contributed by atoms with Gasteiger partial charge in [0.1, 0.15) is 5.35 Å². The first-order valence-corrected chi connectivity index (χ1v) is 3.03. The van der Waals surface area contributed by atoms with E-state index in [2.05, 4.69) is 22.0 Å². The fraction of sp³-hybridized carbons (Fsp3) is 0.143. The third kappa shape index (κ3) is 1.31. The Hall–Kier alpha value is -1.38. The van der Waals surface area contributed by atoms with Gasteiger partial charge in [0, 0.05) is 0 Å². The van der Waals surface area contributed by atoms with Gasteiger partial charge in [0.15, 0.2) is 0 Å². The zero-order valence-corrected chi connectivity index (χ0v) is 5.83. The molecule has 0 aliphatic rings. The highest BCUT2D eigenvalue weighted by atomic mass is 15.3. The zero-order chi connectivity index (χ0) is 7.40. The van der Waals surface area contributed by atoms with Crippen molar-refractivity contribution in [3.05, 3.63) is 22.9 Å². The van der Waals surface area contributed by atoms with Gasteiger partial charge in [0.2, 0.25) is 0 Å². The van der Waals surface area contributed by atoms with Gasteiger partial charge in [-0.2, -0.15) is 0 Å². The summed E-state index contributed by atoms with van der Waals surface area (Å²) >= 11 is 0. The molecule has 3 heteroatoms. The molecule has 1 rings (SSSR count). The summed E-state index contributed by atoms with van der Waals surface area (Å²) in [6.45, 7) is 5.63. The van der Waals surface area contributed by atoms with Crippen LogP contribution in [0.15, 0.2) is 12.2 Å². The van der Waals surface area contributed by atoms with Crippen LogP contribution in [0.1, 0.15) is 6.92 Å². The van der Waals surface area contributed by atoms with E-state index in [1.807, 2.05) is 25.2 Å². The molecule has 0 saturated heterocycles. The average Bonchev–Trinajstić information content (AvgIpc) is 2.31. The number of aromatic amines is 1. The lowest BCUT2D eigenvalue weighted by atomic mass is 10.4. The minimum atomic E-state index is 0.748. The van der Waals surface area contributed by atoms with Crippen molar-refractivity contribution >= 4 is 12.7 Å². The van der Waals surface area contributed by atoms with Crippen molar-refractivity contribution in [2.45, 2.75) is 6.92 Å². The minimum absolute atomic E-state index is 0.748. The molecule has 1 N–H and O–H groups in total. The van der Waals surface area contributed by atoms with Crippen molar-refractivity contribution in [3.8, 4) is 0 Å². The normalized spacial score (nSPS) is 13.1. The van der Waals surface area contributed by atoms with Crippen LogP contribution < -0.4 is 10.7 Å². The largest absolute Gasteiger partial charge is 0.258 e. The summed E-state index contributed by atoms with van der Waals surface area (Å²) in [5.74, 6) is 0. The van der Waals surface area contributed by atoms with Gasteiger partial charge in [-0.1, -0.05) is 23.9 Å². The van der Waals surface area contributed by atoms with Crippen molar-refractivity contribution in [1.29, 1.82) is 0 Å². The molecule has 0 aromatic carbocycles. The predicted molar refractivity (Wildman–Crippen MR) is 40.4 cm³/mol. The van der Waals surface area contributed by atoms with Gasteiger partial charge >= 0.3 is 0 Å². The van der Waals surface area contributed by atoms with Crippen molar-refractivity contribution in [2.24, 2.45) is 0 Å². The van der Waals surface area contributed by atoms with Crippen molar-refractivity contribution in [2.75, 3.05) is 0 Å². The molecule has 10 heavy (non-hydrogen) atoms. The second kappa shape index (κ2) is 2.96. The molecule has 0 radical (unpaired) electrons. The molecule has 3 nitrogen and oxygen atoms in total. The van der Waals surface area contributed by atoms with Gasteiger partial charge in [-0.25, -0.2) is 0 Å². The zero-order valence-electron chi connectivity index (χ0n) is 5.83. The standard InChI is InChI=1S/C7H9N3/c1-3-4-5-7-6(2)8-10-9-7/h3-5H,2H2,1H3,(H,8,9)/b4-3-,7-5+. The molecule has 0 aliphatic carbocycles. The van der Waals surface area contributed by atoms with E-state index in [-0.39, 0.29) is 0 Å². The molecule has 0 spiro atoms. The third-order valence-corrected chi connectivity index (χ3v) is 1.10. The number of aromatic nitrogens is 3. The summed E-state index contributed by atoms with van der Waals surface area (Å²) in [7, 11) is 0. The van der Waals surface area contributed by atoms with E-state index in [1.165, 1.54) is 0 Å². The van der Waals surface area contributed by atoms with Crippen molar-refractivity contribution in [1.82, 2.24) is 15.4 Å². The van der Waals surface area contributed by atoms with Crippen LogP contribution in [0.4, 0.5) is 0 Å². The summed E-state index contributed by atoms with van der Waals surface area (Å²) in [5, 5.41) is 11.5. The highest BCUT2D eigenvalue weighted by Gasteiger charge is 1.80. The van der Waals surface area contributed by atoms with E-state index < -0.39 is 0 Å². The molecule has 0 aliphatic heterocycles. The minimum Gasteiger partial charge on any atom is -0.258 e. The van der Waals surface area contributed by atoms with Crippen LogP contribution >= 0.6 is 0 Å². The van der Waals surface area contributed by atoms with Crippen LogP contribution in [-0.2, 0) is 0 Å². The molecule has 1 heterocycles. The smallest absolute Gasteiger partial charge is 0.112 e. The highest BCUT2D eigenvalue weighted by molar-refractivity contribution is 5.33. The lowest BCUT2D eigenvalue weighted by molar-refractivity contribution is 0.926. The summed E-state index contributed by atoms with van der Waals surface area (Å²) in [4.78, 5) is 0. The molecular formula is C7H9N3. The van der Waals surface area contributed by atoms with E-state index in [1.54, 1.807) is 0 Å². The van der Waals surface area contributed by atoms with Crippen molar-refractivity contribution < 1.29 is 0 Å². The average molecular weight is 135 g/mol. The number of H-pyrrole nitrogens is 1. The number of allylic oxidation sites excluding steroid dienone is 2. The first kappa shape index (κ1) is 6.74. The Morgan fingerprint density at radius 3 is 2.90 bits per heavy atom. The first-order chi connectivity index (χ1) is 4.84. The second-order valence-electron chi connectivity index (χ2n) is 1.87. The monoisotopic (exact) mass is 135 g/mol. The van der Waals surface area contributed by atoms with Gasteiger partial charge in [0.05, 0.1) is 5.35 Å². The number of nitrogens with one attached hydrogen (secondary N) is 1. The highest BCUT2D eigenvalue weighted by Crippen LogP contribution is 1.67. The molecule has 0 bridgehead atoms. The van der Waals surface area contributed by atoms with Gasteiger partial charge in [0.25, 0.3) is 0 Å². The summed E-state index contributed by atoms with van der Waals surface area (Å²) in [6.07, 6.45) is 5.67. The number of nitrogens with zero attached hydrogens (tertiary/aromatic N) is 2. The van der Waals surface area contributed by atoms with Crippen LogP contribution in [-0.4, -0.2) is 15.4 Å². The second-order valence-corrected chi connectivity index (χ2v) is 1.87. The maximum absolute atomic E-state index is 3.78. The first-order valence-electron chi connectivity index (χ1n) is 3.03. The Balaban J connectivity index is 3.16. The van der Waals surface area contributed by atoms with Gasteiger partial charge in [-0.3, -0.25) is 5.10 Å². The molecule has 1 aromatic rings. The lowest BCUT2D eigenvalue weighted by Gasteiger charge is -1.68. The Morgan fingerprint density at radius 2 is 2.40 bits per heavy atom. The molecule has 0 saturated carbocycles. The molecule has 0 amide bonds. The maximum atomic E-state index is 3.78. The number of hydrogen-bond acceptors (Lipinski definition) is 2. The quantitative estimate of drug-likeness (QED) is 0.567. The van der Waals surface area contributed by atoms with Crippen LogP contribution in [0.2, 0.25) is 0 Å². The summed E-state index contributed by atoms with van der Waals surface area (Å²) in [6, 6.07) is 0. The third-order valence-electron chi connectivity index (χ3n) is 1.10. The van der Waals surface area contributed by atoms with Gasteiger partial charge < -0.3 is 0 Å². The molecule has 1 aromatic heterocycles.